The summed E-state index contributed by atoms with van der Waals surface area (Å²) < 4.78 is 12.0. The van der Waals surface area contributed by atoms with Gasteiger partial charge in [-0.1, -0.05) is 60.8 Å². The molecular weight excluding hydrogens is 469 g/mol. The van der Waals surface area contributed by atoms with E-state index in [0.717, 1.165) is 17.9 Å². The van der Waals surface area contributed by atoms with Gasteiger partial charge in [-0.3, -0.25) is 4.79 Å². The number of amides is 1. The van der Waals surface area contributed by atoms with E-state index in [1.807, 2.05) is 12.1 Å². The molecule has 2 aromatic carbocycles. The van der Waals surface area contributed by atoms with Crippen LogP contribution in [0.3, 0.4) is 0 Å². The van der Waals surface area contributed by atoms with Gasteiger partial charge in [0.25, 0.3) is 5.91 Å². The second-order valence-electron chi connectivity index (χ2n) is 8.21. The fourth-order valence-electron chi connectivity index (χ4n) is 3.59. The largest absolute Gasteiger partial charge is 0.478 e. The third-order valence-electron chi connectivity index (χ3n) is 5.28. The minimum Gasteiger partial charge on any atom is -0.478 e. The average molecular weight is 501 g/mol. The van der Waals surface area contributed by atoms with Crippen molar-refractivity contribution >= 4 is 40.7 Å². The molecule has 1 amide bonds. The van der Waals surface area contributed by atoms with Crippen molar-refractivity contribution in [1.29, 1.82) is 0 Å². The smallest absolute Gasteiger partial charge is 0.263 e. The highest BCUT2D eigenvalue weighted by molar-refractivity contribution is 6.34. The van der Waals surface area contributed by atoms with Gasteiger partial charge in [-0.05, 0) is 69.0 Å². The molecule has 0 saturated carbocycles. The first-order chi connectivity index (χ1) is 15.2. The van der Waals surface area contributed by atoms with Crippen LogP contribution in [-0.2, 0) is 9.53 Å². The van der Waals surface area contributed by atoms with Crippen LogP contribution >= 0.6 is 34.8 Å². The predicted octanol–water partition coefficient (Wildman–Crippen LogP) is 7.30. The normalized spacial score (nSPS) is 13.5. The molecule has 2 rings (SSSR count). The van der Waals surface area contributed by atoms with Crippen molar-refractivity contribution in [2.24, 2.45) is 0 Å². The molecule has 0 fully saturated rings. The fourth-order valence-corrected chi connectivity index (χ4v) is 4.22. The number of halogens is 3. The molecule has 0 aliphatic rings. The van der Waals surface area contributed by atoms with Crippen molar-refractivity contribution in [2.45, 2.75) is 64.6 Å². The quantitative estimate of drug-likeness (QED) is 0.311. The van der Waals surface area contributed by atoms with Gasteiger partial charge in [-0.2, -0.15) is 0 Å². The molecule has 0 aliphatic heterocycles. The first-order valence-corrected chi connectivity index (χ1v) is 12.1. The summed E-state index contributed by atoms with van der Waals surface area (Å²) in [6.45, 7) is 8.77. The average Bonchev–Trinajstić information content (AvgIpc) is 2.72. The zero-order chi connectivity index (χ0) is 23.7. The standard InChI is InChI=1S/C25H32Cl3NO3/c1-5-22(17-8-10-18(26)11-9-17)23(6-2)31-13-7-12-29-24(30)25(3,4)32-21-15-19(27)14-20(28)16-21/h8-11,14-16,22-23H,5-7,12-13H2,1-4H3,(H,29,30). The van der Waals surface area contributed by atoms with Crippen molar-refractivity contribution in [1.82, 2.24) is 5.32 Å². The second kappa shape index (κ2) is 12.7. The lowest BCUT2D eigenvalue weighted by atomic mass is 9.89. The van der Waals surface area contributed by atoms with Gasteiger partial charge in [-0.25, -0.2) is 0 Å². The van der Waals surface area contributed by atoms with E-state index in [1.165, 1.54) is 5.56 Å². The van der Waals surface area contributed by atoms with E-state index in [2.05, 4.69) is 31.3 Å². The van der Waals surface area contributed by atoms with Gasteiger partial charge in [0.05, 0.1) is 6.10 Å². The fraction of sp³-hybridized carbons (Fsp3) is 0.480. The molecule has 2 atom stereocenters. The molecule has 32 heavy (non-hydrogen) atoms. The van der Waals surface area contributed by atoms with Crippen LogP contribution in [0.25, 0.3) is 0 Å². The van der Waals surface area contributed by atoms with Crippen LogP contribution in [0.2, 0.25) is 15.1 Å². The summed E-state index contributed by atoms with van der Waals surface area (Å²) in [4.78, 5) is 12.6. The molecule has 4 nitrogen and oxygen atoms in total. The number of nitrogens with one attached hydrogen (secondary N) is 1. The molecule has 176 valence electrons. The Morgan fingerprint density at radius 2 is 1.59 bits per heavy atom. The molecule has 2 unspecified atom stereocenters. The Kier molecular flexibility index (Phi) is 10.6. The van der Waals surface area contributed by atoms with Gasteiger partial charge in [0.2, 0.25) is 0 Å². The number of rotatable bonds is 12. The van der Waals surface area contributed by atoms with Gasteiger partial charge in [0, 0.05) is 34.1 Å². The minimum atomic E-state index is -1.07. The van der Waals surface area contributed by atoms with E-state index in [9.17, 15) is 4.79 Å². The highest BCUT2D eigenvalue weighted by Gasteiger charge is 2.30. The third kappa shape index (κ3) is 8.15. The topological polar surface area (TPSA) is 47.6 Å². The van der Waals surface area contributed by atoms with Crippen LogP contribution in [0, 0.1) is 0 Å². The first-order valence-electron chi connectivity index (χ1n) is 11.0. The first kappa shape index (κ1) is 26.8. The Morgan fingerprint density at radius 3 is 2.16 bits per heavy atom. The third-order valence-corrected chi connectivity index (χ3v) is 5.97. The lowest BCUT2D eigenvalue weighted by Crippen LogP contribution is -2.47. The van der Waals surface area contributed by atoms with E-state index in [4.69, 9.17) is 44.3 Å². The van der Waals surface area contributed by atoms with E-state index in [-0.39, 0.29) is 12.0 Å². The molecule has 2 aromatic rings. The van der Waals surface area contributed by atoms with Crippen LogP contribution in [0.15, 0.2) is 42.5 Å². The molecular formula is C25H32Cl3NO3. The van der Waals surface area contributed by atoms with E-state index >= 15 is 0 Å². The number of carbonyl (C=O) groups is 1. The van der Waals surface area contributed by atoms with E-state index < -0.39 is 5.60 Å². The lowest BCUT2D eigenvalue weighted by molar-refractivity contribution is -0.134. The van der Waals surface area contributed by atoms with Crippen molar-refractivity contribution in [3.05, 3.63) is 63.1 Å². The Labute approximate surface area is 206 Å². The van der Waals surface area contributed by atoms with E-state index in [0.29, 0.717) is 41.3 Å². The zero-order valence-corrected chi connectivity index (χ0v) is 21.4. The summed E-state index contributed by atoms with van der Waals surface area (Å²) in [7, 11) is 0. The molecule has 0 aliphatic carbocycles. The maximum Gasteiger partial charge on any atom is 0.263 e. The Morgan fingerprint density at radius 1 is 0.969 bits per heavy atom. The monoisotopic (exact) mass is 499 g/mol. The number of hydrogen-bond donors (Lipinski definition) is 1. The SMILES string of the molecule is CCC(OCCCNC(=O)C(C)(C)Oc1cc(Cl)cc(Cl)c1)C(CC)c1ccc(Cl)cc1. The molecule has 0 heterocycles. The van der Waals surface area contributed by atoms with Crippen LogP contribution in [-0.4, -0.2) is 30.8 Å². The van der Waals surface area contributed by atoms with Gasteiger partial charge in [-0.15, -0.1) is 0 Å². The van der Waals surface area contributed by atoms with Crippen molar-refractivity contribution in [2.75, 3.05) is 13.2 Å². The Hall–Kier alpha value is -1.46. The molecule has 7 heteroatoms. The van der Waals surface area contributed by atoms with Crippen molar-refractivity contribution < 1.29 is 14.3 Å². The minimum absolute atomic E-state index is 0.115. The van der Waals surface area contributed by atoms with Gasteiger partial charge >= 0.3 is 0 Å². The van der Waals surface area contributed by atoms with Gasteiger partial charge in [0.1, 0.15) is 5.75 Å². The highest BCUT2D eigenvalue weighted by Crippen LogP contribution is 2.29. The van der Waals surface area contributed by atoms with Crippen LogP contribution < -0.4 is 10.1 Å². The van der Waals surface area contributed by atoms with Crippen LogP contribution in [0.5, 0.6) is 5.75 Å². The lowest BCUT2D eigenvalue weighted by Gasteiger charge is -2.27. The summed E-state index contributed by atoms with van der Waals surface area (Å²) in [5.41, 5.74) is 0.167. The molecule has 0 saturated heterocycles. The predicted molar refractivity (Wildman–Crippen MR) is 133 cm³/mol. The number of ether oxygens (including phenoxy) is 2. The Bertz CT molecular complexity index is 851. The van der Waals surface area contributed by atoms with Crippen molar-refractivity contribution in [3.63, 3.8) is 0 Å². The molecule has 0 aromatic heterocycles. The van der Waals surface area contributed by atoms with Crippen LogP contribution in [0.1, 0.15) is 58.4 Å². The summed E-state index contributed by atoms with van der Waals surface area (Å²) in [6.07, 6.45) is 2.72. The molecule has 0 spiro atoms. The summed E-state index contributed by atoms with van der Waals surface area (Å²) >= 11 is 18.0. The second-order valence-corrected chi connectivity index (χ2v) is 9.52. The molecule has 0 bridgehead atoms. The Balaban J connectivity index is 1.80. The van der Waals surface area contributed by atoms with Crippen molar-refractivity contribution in [3.8, 4) is 5.75 Å². The summed E-state index contributed by atoms with van der Waals surface area (Å²) in [6, 6.07) is 12.8. The van der Waals surface area contributed by atoms with E-state index in [1.54, 1.807) is 32.0 Å². The maximum absolute atomic E-state index is 12.6. The molecule has 0 radical (unpaired) electrons. The van der Waals surface area contributed by atoms with Gasteiger partial charge < -0.3 is 14.8 Å². The maximum atomic E-state index is 12.6. The highest BCUT2D eigenvalue weighted by atomic mass is 35.5. The zero-order valence-electron chi connectivity index (χ0n) is 19.1. The van der Waals surface area contributed by atoms with Crippen LogP contribution in [0.4, 0.5) is 0 Å². The number of carbonyl (C=O) groups excluding carboxylic acids is 1. The van der Waals surface area contributed by atoms with Gasteiger partial charge in [0.15, 0.2) is 5.60 Å². The summed E-state index contributed by atoms with van der Waals surface area (Å²) in [5, 5.41) is 4.56. The number of benzene rings is 2. The summed E-state index contributed by atoms with van der Waals surface area (Å²) in [5.74, 6) is 0.543. The number of hydrogen-bond acceptors (Lipinski definition) is 3. The molecule has 1 N–H and O–H groups in total.